The fourth-order valence-corrected chi connectivity index (χ4v) is 2.86. The van der Waals surface area contributed by atoms with Crippen LogP contribution in [0.2, 0.25) is 0 Å². The van der Waals surface area contributed by atoms with Crippen LogP contribution in [0.25, 0.3) is 0 Å². The molecule has 0 spiro atoms. The van der Waals surface area contributed by atoms with Crippen LogP contribution in [0, 0.1) is 0 Å². The Kier molecular flexibility index (Phi) is 8.03. The highest BCUT2D eigenvalue weighted by atomic mass is 16.5. The summed E-state index contributed by atoms with van der Waals surface area (Å²) in [6.45, 7) is 9.36. The van der Waals surface area contributed by atoms with Crippen molar-refractivity contribution in [3.63, 3.8) is 0 Å². The van der Waals surface area contributed by atoms with E-state index < -0.39 is 0 Å². The summed E-state index contributed by atoms with van der Waals surface area (Å²) in [6.07, 6.45) is 5.18. The predicted octanol–water partition coefficient (Wildman–Crippen LogP) is 1.81. The van der Waals surface area contributed by atoms with Gasteiger partial charge in [-0.05, 0) is 67.2 Å². The molecule has 20 heavy (non-hydrogen) atoms. The molecule has 1 N–H and O–H groups in total. The smallest absolute Gasteiger partial charge is 0.0477 e. The molecule has 0 aliphatic heterocycles. The fourth-order valence-electron chi connectivity index (χ4n) is 2.86. The van der Waals surface area contributed by atoms with Crippen LogP contribution in [-0.4, -0.2) is 75.4 Å². The van der Waals surface area contributed by atoms with E-state index in [1.165, 1.54) is 25.8 Å². The maximum absolute atomic E-state index is 5.35. The maximum atomic E-state index is 5.35. The van der Waals surface area contributed by atoms with E-state index in [9.17, 15) is 0 Å². The molecule has 120 valence electrons. The second-order valence-corrected chi connectivity index (χ2v) is 6.49. The Morgan fingerprint density at radius 1 is 1.25 bits per heavy atom. The van der Waals surface area contributed by atoms with Crippen molar-refractivity contribution >= 4 is 0 Å². The molecule has 0 heterocycles. The van der Waals surface area contributed by atoms with Crippen molar-refractivity contribution in [1.82, 2.24) is 15.1 Å². The van der Waals surface area contributed by atoms with E-state index in [0.717, 1.165) is 32.7 Å². The van der Waals surface area contributed by atoms with E-state index in [4.69, 9.17) is 4.74 Å². The summed E-state index contributed by atoms with van der Waals surface area (Å²) in [5.41, 5.74) is 0.429. The van der Waals surface area contributed by atoms with Crippen LogP contribution in [0.15, 0.2) is 0 Å². The third-order valence-corrected chi connectivity index (χ3v) is 4.82. The Hall–Kier alpha value is -0.160. The van der Waals surface area contributed by atoms with Gasteiger partial charge in [-0.2, -0.15) is 0 Å². The van der Waals surface area contributed by atoms with Crippen molar-refractivity contribution in [2.24, 2.45) is 0 Å². The predicted molar refractivity (Wildman–Crippen MR) is 86.3 cm³/mol. The van der Waals surface area contributed by atoms with Crippen molar-refractivity contribution in [2.75, 3.05) is 54.0 Å². The summed E-state index contributed by atoms with van der Waals surface area (Å²) in [5.74, 6) is 0. The molecule has 4 heteroatoms. The topological polar surface area (TPSA) is 27.7 Å². The zero-order valence-electron chi connectivity index (χ0n) is 14.2. The monoisotopic (exact) mass is 285 g/mol. The van der Waals surface area contributed by atoms with Crippen molar-refractivity contribution in [3.8, 4) is 0 Å². The van der Waals surface area contributed by atoms with Gasteiger partial charge in [-0.3, -0.25) is 0 Å². The van der Waals surface area contributed by atoms with Crippen molar-refractivity contribution < 1.29 is 4.74 Å². The molecule has 0 bridgehead atoms. The third kappa shape index (κ3) is 5.32. The third-order valence-electron chi connectivity index (χ3n) is 4.82. The SMILES string of the molecule is CCOCCCNCC(C)N(C)CC1(N(C)C)CCC1. The summed E-state index contributed by atoms with van der Waals surface area (Å²) >= 11 is 0. The zero-order valence-corrected chi connectivity index (χ0v) is 14.2. The minimum absolute atomic E-state index is 0.429. The number of nitrogens with one attached hydrogen (secondary N) is 1. The molecule has 1 rings (SSSR count). The van der Waals surface area contributed by atoms with Crippen LogP contribution in [0.4, 0.5) is 0 Å². The number of hydrogen-bond donors (Lipinski definition) is 1. The van der Waals surface area contributed by atoms with Gasteiger partial charge < -0.3 is 19.9 Å². The first kappa shape index (κ1) is 17.9. The Balaban J connectivity index is 2.17. The average molecular weight is 285 g/mol. The van der Waals surface area contributed by atoms with Crippen LogP contribution in [0.5, 0.6) is 0 Å². The Bertz CT molecular complexity index is 254. The lowest BCUT2D eigenvalue weighted by Crippen LogP contribution is -2.58. The zero-order chi connectivity index (χ0) is 15.0. The van der Waals surface area contributed by atoms with Gasteiger partial charge in [0.15, 0.2) is 0 Å². The van der Waals surface area contributed by atoms with Gasteiger partial charge in [-0.25, -0.2) is 0 Å². The number of likely N-dealkylation sites (N-methyl/N-ethyl adjacent to an activating group) is 2. The van der Waals surface area contributed by atoms with Gasteiger partial charge in [0.25, 0.3) is 0 Å². The minimum atomic E-state index is 0.429. The lowest BCUT2D eigenvalue weighted by Gasteiger charge is -2.50. The van der Waals surface area contributed by atoms with Gasteiger partial charge in [0.2, 0.25) is 0 Å². The van der Waals surface area contributed by atoms with E-state index in [2.05, 4.69) is 43.2 Å². The van der Waals surface area contributed by atoms with E-state index in [-0.39, 0.29) is 0 Å². The quantitative estimate of drug-likeness (QED) is 0.586. The first-order valence-corrected chi connectivity index (χ1v) is 8.18. The number of nitrogens with zero attached hydrogens (tertiary/aromatic N) is 2. The van der Waals surface area contributed by atoms with Crippen LogP contribution in [0.3, 0.4) is 0 Å². The highest BCUT2D eigenvalue weighted by molar-refractivity contribution is 4.98. The van der Waals surface area contributed by atoms with Gasteiger partial charge in [-0.15, -0.1) is 0 Å². The molecule has 0 saturated heterocycles. The Labute approximate surface area is 125 Å². The maximum Gasteiger partial charge on any atom is 0.0477 e. The number of hydrogen-bond acceptors (Lipinski definition) is 4. The van der Waals surface area contributed by atoms with E-state index in [1.54, 1.807) is 0 Å². The van der Waals surface area contributed by atoms with Gasteiger partial charge >= 0.3 is 0 Å². The first-order valence-electron chi connectivity index (χ1n) is 8.18. The lowest BCUT2D eigenvalue weighted by atomic mass is 9.75. The molecule has 1 aliphatic rings. The van der Waals surface area contributed by atoms with Gasteiger partial charge in [0, 0.05) is 37.9 Å². The van der Waals surface area contributed by atoms with Crippen LogP contribution in [0.1, 0.15) is 39.5 Å². The molecule has 1 atom stereocenters. The van der Waals surface area contributed by atoms with Crippen molar-refractivity contribution in [2.45, 2.75) is 51.1 Å². The van der Waals surface area contributed by atoms with Gasteiger partial charge in [0.05, 0.1) is 0 Å². The first-order chi connectivity index (χ1) is 9.52. The molecule has 1 aliphatic carbocycles. The molecule has 0 aromatic carbocycles. The van der Waals surface area contributed by atoms with E-state index in [0.29, 0.717) is 11.6 Å². The molecule has 0 amide bonds. The molecule has 1 unspecified atom stereocenters. The molecule has 4 nitrogen and oxygen atoms in total. The summed E-state index contributed by atoms with van der Waals surface area (Å²) in [4.78, 5) is 4.93. The van der Waals surface area contributed by atoms with E-state index >= 15 is 0 Å². The second kappa shape index (κ2) is 8.98. The number of ether oxygens (including phenoxy) is 1. The Morgan fingerprint density at radius 2 is 1.95 bits per heavy atom. The summed E-state index contributed by atoms with van der Waals surface area (Å²) in [5, 5.41) is 3.54. The molecule has 1 saturated carbocycles. The highest BCUT2D eigenvalue weighted by Crippen LogP contribution is 2.36. The summed E-state index contributed by atoms with van der Waals surface area (Å²) < 4.78 is 5.35. The standard InChI is InChI=1S/C16H35N3O/c1-6-20-12-8-11-17-13-15(2)19(5)14-16(18(3)4)9-7-10-16/h15,17H,6-14H2,1-5H3. The molecule has 1 fully saturated rings. The van der Waals surface area contributed by atoms with E-state index in [1.807, 2.05) is 6.92 Å². The van der Waals surface area contributed by atoms with Crippen molar-refractivity contribution in [3.05, 3.63) is 0 Å². The summed E-state index contributed by atoms with van der Waals surface area (Å²) in [7, 11) is 6.71. The molecule has 0 radical (unpaired) electrons. The van der Waals surface area contributed by atoms with Crippen molar-refractivity contribution in [1.29, 1.82) is 0 Å². The fraction of sp³-hybridized carbons (Fsp3) is 1.00. The van der Waals surface area contributed by atoms with Crippen LogP contribution >= 0.6 is 0 Å². The van der Waals surface area contributed by atoms with Gasteiger partial charge in [0.1, 0.15) is 0 Å². The van der Waals surface area contributed by atoms with Gasteiger partial charge in [-0.1, -0.05) is 0 Å². The lowest BCUT2D eigenvalue weighted by molar-refractivity contribution is 0.0182. The summed E-state index contributed by atoms with van der Waals surface area (Å²) in [6, 6.07) is 0.583. The molecule has 0 aromatic rings. The highest BCUT2D eigenvalue weighted by Gasteiger charge is 2.40. The second-order valence-electron chi connectivity index (χ2n) is 6.49. The largest absolute Gasteiger partial charge is 0.382 e. The normalized spacial score (nSPS) is 19.4. The number of rotatable bonds is 11. The van der Waals surface area contributed by atoms with Crippen LogP contribution in [-0.2, 0) is 4.74 Å². The minimum Gasteiger partial charge on any atom is -0.382 e. The average Bonchev–Trinajstić information content (AvgIpc) is 2.36. The molecular weight excluding hydrogens is 250 g/mol. The molecule has 0 aromatic heterocycles. The van der Waals surface area contributed by atoms with Crippen LogP contribution < -0.4 is 5.32 Å². The Morgan fingerprint density at radius 3 is 2.45 bits per heavy atom. The molecular formula is C16H35N3O.